The Bertz CT molecular complexity index is 862. The van der Waals surface area contributed by atoms with Crippen LogP contribution >= 0.6 is 11.3 Å². The van der Waals surface area contributed by atoms with Crippen LogP contribution in [0.1, 0.15) is 34.9 Å². The van der Waals surface area contributed by atoms with Crippen molar-refractivity contribution in [2.24, 2.45) is 0 Å². The van der Waals surface area contributed by atoms with E-state index in [1.54, 1.807) is 12.3 Å². The summed E-state index contributed by atoms with van der Waals surface area (Å²) in [6.45, 7) is 3.00. The van der Waals surface area contributed by atoms with Gasteiger partial charge in [0.25, 0.3) is 0 Å². The number of fused-ring (bicyclic) bond motifs is 1. The molecular formula is C18H19N3O2S. The van der Waals surface area contributed by atoms with E-state index in [9.17, 15) is 4.79 Å². The molecule has 1 fully saturated rings. The van der Waals surface area contributed by atoms with Crippen LogP contribution in [0.25, 0.3) is 10.1 Å². The number of likely N-dealkylation sites (tertiary alicyclic amines) is 1. The van der Waals surface area contributed by atoms with Crippen LogP contribution in [0.2, 0.25) is 0 Å². The van der Waals surface area contributed by atoms with Crippen LogP contribution in [0.3, 0.4) is 0 Å². The van der Waals surface area contributed by atoms with Gasteiger partial charge in [0, 0.05) is 30.5 Å². The molecule has 1 aliphatic heterocycles. The predicted octanol–water partition coefficient (Wildman–Crippen LogP) is 3.63. The molecule has 24 heavy (non-hydrogen) atoms. The molecule has 0 aliphatic carbocycles. The van der Waals surface area contributed by atoms with Crippen LogP contribution in [-0.2, 0) is 6.54 Å². The van der Waals surface area contributed by atoms with Crippen LogP contribution in [0, 0.1) is 0 Å². The molecule has 0 spiro atoms. The fourth-order valence-electron chi connectivity index (χ4n) is 3.39. The summed E-state index contributed by atoms with van der Waals surface area (Å²) in [5, 5.41) is 16.8. The number of hydrogen-bond donors (Lipinski definition) is 1. The van der Waals surface area contributed by atoms with Gasteiger partial charge >= 0.3 is 5.97 Å². The SMILES string of the molecule is O=C(O)c1ccn(C2CCN(Cc3csc4ccccc34)CC2)n1. The molecule has 0 unspecified atom stereocenters. The van der Waals surface area contributed by atoms with Crippen LogP contribution in [0.15, 0.2) is 41.9 Å². The second-order valence-electron chi connectivity index (χ2n) is 6.25. The van der Waals surface area contributed by atoms with Gasteiger partial charge in [-0.1, -0.05) is 18.2 Å². The number of carbonyl (C=O) groups is 1. The second-order valence-corrected chi connectivity index (χ2v) is 7.16. The van der Waals surface area contributed by atoms with Crippen LogP contribution in [-0.4, -0.2) is 38.8 Å². The first kappa shape index (κ1) is 15.4. The summed E-state index contributed by atoms with van der Waals surface area (Å²) >= 11 is 1.81. The van der Waals surface area contributed by atoms with Gasteiger partial charge < -0.3 is 5.11 Å². The number of nitrogens with zero attached hydrogens (tertiary/aromatic N) is 3. The van der Waals surface area contributed by atoms with Gasteiger partial charge in [0.2, 0.25) is 0 Å². The highest BCUT2D eigenvalue weighted by molar-refractivity contribution is 7.17. The van der Waals surface area contributed by atoms with E-state index in [4.69, 9.17) is 5.11 Å². The first-order chi connectivity index (χ1) is 11.7. The third kappa shape index (κ3) is 2.95. The number of aromatic carboxylic acids is 1. The fraction of sp³-hybridized carbons (Fsp3) is 0.333. The third-order valence-corrected chi connectivity index (χ3v) is 5.73. The number of piperidine rings is 1. The Morgan fingerprint density at radius 3 is 2.79 bits per heavy atom. The highest BCUT2D eigenvalue weighted by Gasteiger charge is 2.22. The Kier molecular flexibility index (Phi) is 4.08. The summed E-state index contributed by atoms with van der Waals surface area (Å²) in [6, 6.07) is 10.4. The maximum atomic E-state index is 11.0. The van der Waals surface area contributed by atoms with Crippen LogP contribution in [0.4, 0.5) is 0 Å². The van der Waals surface area contributed by atoms with Gasteiger partial charge in [0.15, 0.2) is 5.69 Å². The summed E-state index contributed by atoms with van der Waals surface area (Å²) in [5.74, 6) is -0.962. The third-order valence-electron chi connectivity index (χ3n) is 4.71. The predicted molar refractivity (Wildman–Crippen MR) is 94.6 cm³/mol. The summed E-state index contributed by atoms with van der Waals surface area (Å²) in [7, 11) is 0. The minimum absolute atomic E-state index is 0.127. The van der Waals surface area contributed by atoms with Crippen molar-refractivity contribution in [3.63, 3.8) is 0 Å². The van der Waals surface area contributed by atoms with Crippen molar-refractivity contribution in [1.29, 1.82) is 0 Å². The lowest BCUT2D eigenvalue weighted by molar-refractivity contribution is 0.0688. The van der Waals surface area contributed by atoms with Crippen molar-refractivity contribution in [2.45, 2.75) is 25.4 Å². The van der Waals surface area contributed by atoms with Gasteiger partial charge in [-0.05, 0) is 41.3 Å². The standard InChI is InChI=1S/C18H19N3O2S/c22-18(23)16-7-10-21(19-16)14-5-8-20(9-6-14)11-13-12-24-17-4-2-1-3-15(13)17/h1-4,7,10,12,14H,5-6,8-9,11H2,(H,22,23). The van der Waals surface area contributed by atoms with Crippen molar-refractivity contribution in [2.75, 3.05) is 13.1 Å². The van der Waals surface area contributed by atoms with Crippen molar-refractivity contribution in [3.8, 4) is 0 Å². The molecule has 1 aliphatic rings. The molecule has 5 nitrogen and oxygen atoms in total. The zero-order chi connectivity index (χ0) is 16.5. The van der Waals surface area contributed by atoms with Gasteiger partial charge in [-0.3, -0.25) is 9.58 Å². The maximum absolute atomic E-state index is 11.0. The van der Waals surface area contributed by atoms with Crippen molar-refractivity contribution >= 4 is 27.4 Å². The summed E-state index contributed by atoms with van der Waals surface area (Å²) in [5.41, 5.74) is 1.53. The largest absolute Gasteiger partial charge is 0.476 e. The normalized spacial score (nSPS) is 16.7. The van der Waals surface area contributed by atoms with Crippen LogP contribution < -0.4 is 0 Å². The van der Waals surface area contributed by atoms with Gasteiger partial charge in [-0.2, -0.15) is 5.10 Å². The summed E-state index contributed by atoms with van der Waals surface area (Å²) in [4.78, 5) is 13.4. The Morgan fingerprint density at radius 1 is 1.25 bits per heavy atom. The second kappa shape index (κ2) is 6.37. The minimum Gasteiger partial charge on any atom is -0.476 e. The van der Waals surface area contributed by atoms with E-state index in [2.05, 4.69) is 39.6 Å². The molecule has 1 saturated heterocycles. The Balaban J connectivity index is 1.40. The molecule has 124 valence electrons. The van der Waals surface area contributed by atoms with Crippen LogP contribution in [0.5, 0.6) is 0 Å². The number of hydrogen-bond acceptors (Lipinski definition) is 4. The molecule has 4 rings (SSSR count). The topological polar surface area (TPSA) is 58.4 Å². The molecule has 2 aromatic heterocycles. The van der Waals surface area contributed by atoms with Crippen molar-refractivity contribution < 1.29 is 9.90 Å². The quantitative estimate of drug-likeness (QED) is 0.787. The summed E-state index contributed by atoms with van der Waals surface area (Å²) < 4.78 is 3.17. The lowest BCUT2D eigenvalue weighted by Gasteiger charge is -2.32. The molecule has 3 heterocycles. The lowest BCUT2D eigenvalue weighted by atomic mass is 10.0. The molecule has 1 N–H and O–H groups in total. The number of thiophene rings is 1. The molecule has 1 aromatic carbocycles. The highest BCUT2D eigenvalue weighted by atomic mass is 32.1. The van der Waals surface area contributed by atoms with E-state index in [-0.39, 0.29) is 5.69 Å². The Morgan fingerprint density at radius 2 is 2.04 bits per heavy atom. The zero-order valence-corrected chi connectivity index (χ0v) is 14.1. The number of benzene rings is 1. The molecule has 0 bridgehead atoms. The minimum atomic E-state index is -0.962. The van der Waals surface area contributed by atoms with E-state index in [0.29, 0.717) is 6.04 Å². The first-order valence-corrected chi connectivity index (χ1v) is 9.04. The smallest absolute Gasteiger partial charge is 0.356 e. The van der Waals surface area contributed by atoms with Gasteiger partial charge in [0.1, 0.15) is 0 Å². The molecule has 0 saturated carbocycles. The zero-order valence-electron chi connectivity index (χ0n) is 13.3. The monoisotopic (exact) mass is 341 g/mol. The molecule has 0 radical (unpaired) electrons. The van der Waals surface area contributed by atoms with Gasteiger partial charge in [-0.15, -0.1) is 11.3 Å². The highest BCUT2D eigenvalue weighted by Crippen LogP contribution is 2.29. The lowest BCUT2D eigenvalue weighted by Crippen LogP contribution is -2.34. The molecule has 3 aromatic rings. The maximum Gasteiger partial charge on any atom is 0.356 e. The molecule has 0 amide bonds. The Hall–Kier alpha value is -2.18. The number of carboxylic acid groups (broad SMARTS) is 1. The van der Waals surface area contributed by atoms with E-state index >= 15 is 0 Å². The van der Waals surface area contributed by atoms with E-state index in [0.717, 1.165) is 32.5 Å². The first-order valence-electron chi connectivity index (χ1n) is 8.16. The number of rotatable bonds is 4. The average molecular weight is 341 g/mol. The summed E-state index contributed by atoms with van der Waals surface area (Å²) in [6.07, 6.45) is 3.79. The van der Waals surface area contributed by atoms with E-state index < -0.39 is 5.97 Å². The van der Waals surface area contributed by atoms with E-state index in [1.165, 1.54) is 15.6 Å². The Labute approximate surface area is 144 Å². The fourth-order valence-corrected chi connectivity index (χ4v) is 4.35. The molecule has 6 heteroatoms. The van der Waals surface area contributed by atoms with Crippen molar-refractivity contribution in [3.05, 3.63) is 53.2 Å². The average Bonchev–Trinajstić information content (AvgIpc) is 3.24. The van der Waals surface area contributed by atoms with Gasteiger partial charge in [0.05, 0.1) is 6.04 Å². The number of carboxylic acids is 1. The molecule has 0 atom stereocenters. The van der Waals surface area contributed by atoms with Crippen molar-refractivity contribution in [1.82, 2.24) is 14.7 Å². The number of aromatic nitrogens is 2. The van der Waals surface area contributed by atoms with E-state index in [1.807, 2.05) is 16.0 Å². The molecular weight excluding hydrogens is 322 g/mol. The van der Waals surface area contributed by atoms with Gasteiger partial charge in [-0.25, -0.2) is 4.79 Å².